The number of carboxylic acids is 1. The van der Waals surface area contributed by atoms with Gasteiger partial charge in [0.05, 0.1) is 5.56 Å². The number of nitrogens with zero attached hydrogens (tertiary/aromatic N) is 2. The zero-order valence-electron chi connectivity index (χ0n) is 11.8. The second-order valence-corrected chi connectivity index (χ2v) is 4.93. The Hall–Kier alpha value is -1.29. The quantitative estimate of drug-likeness (QED) is 0.811. The van der Waals surface area contributed by atoms with E-state index in [4.69, 9.17) is 0 Å². The van der Waals surface area contributed by atoms with Crippen molar-refractivity contribution in [1.82, 2.24) is 9.47 Å². The van der Waals surface area contributed by atoms with Crippen LogP contribution in [0.3, 0.4) is 0 Å². The standard InChI is InChI=1S/C14H24N2O2/c1-5-11(6-2)13-12(14(17)18)7-8-16(13)10-9-15(3)4/h7-8,11H,5-6,9-10H2,1-4H3,(H,17,18). The number of hydrogen-bond donors (Lipinski definition) is 1. The Labute approximate surface area is 109 Å². The minimum Gasteiger partial charge on any atom is -0.478 e. The van der Waals surface area contributed by atoms with Gasteiger partial charge in [-0.05, 0) is 38.9 Å². The molecule has 0 unspecified atom stereocenters. The van der Waals surface area contributed by atoms with Gasteiger partial charge in [0.2, 0.25) is 0 Å². The summed E-state index contributed by atoms with van der Waals surface area (Å²) < 4.78 is 2.10. The van der Waals surface area contributed by atoms with E-state index in [1.165, 1.54) is 0 Å². The zero-order valence-corrected chi connectivity index (χ0v) is 11.8. The smallest absolute Gasteiger partial charge is 0.337 e. The first kappa shape index (κ1) is 14.8. The predicted molar refractivity (Wildman–Crippen MR) is 73.3 cm³/mol. The molecule has 0 spiro atoms. The molecule has 0 atom stereocenters. The summed E-state index contributed by atoms with van der Waals surface area (Å²) in [7, 11) is 4.05. The van der Waals surface area contributed by atoms with Crippen molar-refractivity contribution < 1.29 is 9.90 Å². The van der Waals surface area contributed by atoms with Gasteiger partial charge in [0.1, 0.15) is 0 Å². The van der Waals surface area contributed by atoms with Crippen LogP contribution in [-0.2, 0) is 6.54 Å². The van der Waals surface area contributed by atoms with Crippen LogP contribution in [-0.4, -0.2) is 41.2 Å². The summed E-state index contributed by atoms with van der Waals surface area (Å²) in [5.41, 5.74) is 1.44. The predicted octanol–water partition coefficient (Wildman–Crippen LogP) is 2.65. The van der Waals surface area contributed by atoms with E-state index in [2.05, 4.69) is 23.3 Å². The Morgan fingerprint density at radius 1 is 1.39 bits per heavy atom. The number of aromatic nitrogens is 1. The second-order valence-electron chi connectivity index (χ2n) is 4.93. The molecule has 0 saturated carbocycles. The fourth-order valence-corrected chi connectivity index (χ4v) is 2.30. The van der Waals surface area contributed by atoms with Crippen LogP contribution < -0.4 is 0 Å². The lowest BCUT2D eigenvalue weighted by Crippen LogP contribution is -2.20. The maximum Gasteiger partial charge on any atom is 0.337 e. The van der Waals surface area contributed by atoms with E-state index < -0.39 is 5.97 Å². The molecule has 1 heterocycles. The van der Waals surface area contributed by atoms with Gasteiger partial charge < -0.3 is 14.6 Å². The van der Waals surface area contributed by atoms with E-state index in [1.54, 1.807) is 6.07 Å². The van der Waals surface area contributed by atoms with E-state index in [0.29, 0.717) is 11.5 Å². The van der Waals surface area contributed by atoms with Crippen molar-refractivity contribution >= 4 is 5.97 Å². The van der Waals surface area contributed by atoms with Crippen LogP contribution >= 0.6 is 0 Å². The Kier molecular flexibility index (Phi) is 5.41. The molecule has 1 aromatic heterocycles. The second kappa shape index (κ2) is 6.59. The number of aromatic carboxylic acids is 1. The van der Waals surface area contributed by atoms with E-state index in [0.717, 1.165) is 31.6 Å². The Morgan fingerprint density at radius 2 is 2.00 bits per heavy atom. The largest absolute Gasteiger partial charge is 0.478 e. The third kappa shape index (κ3) is 3.35. The average Bonchev–Trinajstić information content (AvgIpc) is 2.72. The van der Waals surface area contributed by atoms with Crippen LogP contribution in [0.1, 0.15) is 48.7 Å². The first-order valence-electron chi connectivity index (χ1n) is 6.58. The fraction of sp³-hybridized carbons (Fsp3) is 0.643. The summed E-state index contributed by atoms with van der Waals surface area (Å²) in [4.78, 5) is 13.4. The van der Waals surface area contributed by atoms with Crippen LogP contribution in [0.25, 0.3) is 0 Å². The summed E-state index contributed by atoms with van der Waals surface area (Å²) in [6, 6.07) is 1.73. The highest BCUT2D eigenvalue weighted by Crippen LogP contribution is 2.27. The molecule has 0 bridgehead atoms. The van der Waals surface area contributed by atoms with E-state index >= 15 is 0 Å². The maximum atomic E-state index is 11.3. The molecule has 0 aliphatic heterocycles. The molecule has 4 nitrogen and oxygen atoms in total. The van der Waals surface area contributed by atoms with Gasteiger partial charge in [0.15, 0.2) is 0 Å². The highest BCUT2D eigenvalue weighted by atomic mass is 16.4. The van der Waals surface area contributed by atoms with Gasteiger partial charge in [0, 0.05) is 25.0 Å². The van der Waals surface area contributed by atoms with Crippen molar-refractivity contribution in [2.24, 2.45) is 0 Å². The highest BCUT2D eigenvalue weighted by Gasteiger charge is 2.20. The lowest BCUT2D eigenvalue weighted by molar-refractivity contribution is 0.0694. The van der Waals surface area contributed by atoms with Gasteiger partial charge in [-0.25, -0.2) is 4.79 Å². The van der Waals surface area contributed by atoms with E-state index in [1.807, 2.05) is 20.3 Å². The summed E-state index contributed by atoms with van der Waals surface area (Å²) >= 11 is 0. The van der Waals surface area contributed by atoms with Gasteiger partial charge in [-0.1, -0.05) is 13.8 Å². The number of carboxylic acid groups (broad SMARTS) is 1. The van der Waals surface area contributed by atoms with Crippen molar-refractivity contribution in [3.63, 3.8) is 0 Å². The molecule has 0 aliphatic carbocycles. The Balaban J connectivity index is 3.06. The molecule has 1 N–H and O–H groups in total. The summed E-state index contributed by atoms with van der Waals surface area (Å²) in [5, 5.41) is 9.27. The minimum atomic E-state index is -0.819. The number of hydrogen-bond acceptors (Lipinski definition) is 2. The fourth-order valence-electron chi connectivity index (χ4n) is 2.30. The van der Waals surface area contributed by atoms with Crippen molar-refractivity contribution in [2.75, 3.05) is 20.6 Å². The molecular weight excluding hydrogens is 228 g/mol. The number of carbonyl (C=O) groups is 1. The molecule has 4 heteroatoms. The summed E-state index contributed by atoms with van der Waals surface area (Å²) in [6.45, 7) is 5.99. The van der Waals surface area contributed by atoms with Crippen LogP contribution in [0, 0.1) is 0 Å². The lowest BCUT2D eigenvalue weighted by atomic mass is 9.96. The lowest BCUT2D eigenvalue weighted by Gasteiger charge is -2.19. The first-order chi connectivity index (χ1) is 8.51. The molecule has 0 saturated heterocycles. The van der Waals surface area contributed by atoms with Crippen LogP contribution in [0.4, 0.5) is 0 Å². The topological polar surface area (TPSA) is 45.5 Å². The van der Waals surface area contributed by atoms with Crippen LogP contribution in [0.15, 0.2) is 12.3 Å². The van der Waals surface area contributed by atoms with Gasteiger partial charge in [0.25, 0.3) is 0 Å². The van der Waals surface area contributed by atoms with Crippen molar-refractivity contribution in [3.05, 3.63) is 23.5 Å². The normalized spacial score (nSPS) is 11.4. The molecule has 1 rings (SSSR count). The highest BCUT2D eigenvalue weighted by molar-refractivity contribution is 5.89. The average molecular weight is 252 g/mol. The zero-order chi connectivity index (χ0) is 13.7. The molecule has 0 fully saturated rings. The SMILES string of the molecule is CCC(CC)c1c(C(=O)O)ccn1CCN(C)C. The van der Waals surface area contributed by atoms with Gasteiger partial charge in [-0.3, -0.25) is 0 Å². The maximum absolute atomic E-state index is 11.3. The molecular formula is C14H24N2O2. The molecule has 18 heavy (non-hydrogen) atoms. The summed E-state index contributed by atoms with van der Waals surface area (Å²) in [6.07, 6.45) is 3.85. The molecule has 102 valence electrons. The monoisotopic (exact) mass is 252 g/mol. The van der Waals surface area contributed by atoms with Crippen molar-refractivity contribution in [3.8, 4) is 0 Å². The van der Waals surface area contributed by atoms with Crippen LogP contribution in [0.2, 0.25) is 0 Å². The Morgan fingerprint density at radius 3 is 2.44 bits per heavy atom. The number of rotatable bonds is 7. The molecule has 0 aliphatic rings. The van der Waals surface area contributed by atoms with Crippen molar-refractivity contribution in [1.29, 1.82) is 0 Å². The Bertz CT molecular complexity index is 392. The molecule has 0 radical (unpaired) electrons. The summed E-state index contributed by atoms with van der Waals surface area (Å²) in [5.74, 6) is -0.492. The van der Waals surface area contributed by atoms with E-state index in [-0.39, 0.29) is 0 Å². The van der Waals surface area contributed by atoms with E-state index in [9.17, 15) is 9.90 Å². The molecule has 1 aromatic rings. The first-order valence-corrected chi connectivity index (χ1v) is 6.58. The molecule has 0 amide bonds. The third-order valence-electron chi connectivity index (χ3n) is 3.40. The van der Waals surface area contributed by atoms with Crippen LogP contribution in [0.5, 0.6) is 0 Å². The van der Waals surface area contributed by atoms with Crippen molar-refractivity contribution in [2.45, 2.75) is 39.2 Å². The number of likely N-dealkylation sites (N-methyl/N-ethyl adjacent to an activating group) is 1. The van der Waals surface area contributed by atoms with Gasteiger partial charge in [-0.2, -0.15) is 0 Å². The van der Waals surface area contributed by atoms with Gasteiger partial charge in [-0.15, -0.1) is 0 Å². The molecule has 0 aromatic carbocycles. The third-order valence-corrected chi connectivity index (χ3v) is 3.40. The van der Waals surface area contributed by atoms with Gasteiger partial charge >= 0.3 is 5.97 Å². The minimum absolute atomic E-state index is 0.327.